The van der Waals surface area contributed by atoms with Crippen LogP contribution in [0.5, 0.6) is 0 Å². The maximum Gasteiger partial charge on any atom is 0.184 e. The monoisotopic (exact) mass is 366 g/mol. The fourth-order valence-corrected chi connectivity index (χ4v) is 5.68. The zero-order valence-corrected chi connectivity index (χ0v) is 18.6. The second-order valence-corrected chi connectivity index (χ2v) is 22.3. The molecule has 0 saturated carbocycles. The van der Waals surface area contributed by atoms with Crippen LogP contribution in [0.25, 0.3) is 0 Å². The second-order valence-electron chi connectivity index (χ2n) is 8.88. The first kappa shape index (κ1) is 20.5. The van der Waals surface area contributed by atoms with Gasteiger partial charge in [0.25, 0.3) is 0 Å². The van der Waals surface area contributed by atoms with Crippen molar-refractivity contribution in [2.24, 2.45) is 0 Å². The molecule has 0 bridgehead atoms. The van der Waals surface area contributed by atoms with Crippen LogP contribution >= 0.6 is 0 Å². The Morgan fingerprint density at radius 3 is 1.55 bits per heavy atom. The van der Waals surface area contributed by atoms with Crippen LogP contribution in [0.1, 0.15) is 0 Å². The lowest BCUT2D eigenvalue weighted by atomic mass is 10.1. The molecule has 0 aromatic carbocycles. The number of rotatable bonds is 6. The van der Waals surface area contributed by atoms with Crippen LogP contribution in [0.15, 0.2) is 0 Å². The summed E-state index contributed by atoms with van der Waals surface area (Å²) in [5, 5.41) is 10.3. The van der Waals surface area contributed by atoms with Crippen LogP contribution in [-0.4, -0.2) is 61.3 Å². The summed E-state index contributed by atoms with van der Waals surface area (Å²) in [4.78, 5) is 0. The molecule has 1 aliphatic rings. The van der Waals surface area contributed by atoms with Crippen LogP contribution in [0.2, 0.25) is 58.9 Å². The Kier molecular flexibility index (Phi) is 6.65. The predicted octanol–water partition coefficient (Wildman–Crippen LogP) is 3.00. The summed E-state index contributed by atoms with van der Waals surface area (Å²) in [5.74, 6) is 0. The lowest BCUT2D eigenvalue weighted by molar-refractivity contribution is -0.240. The molecule has 5 nitrogen and oxygen atoms in total. The van der Waals surface area contributed by atoms with Gasteiger partial charge in [0.2, 0.25) is 0 Å². The van der Waals surface area contributed by atoms with Crippen LogP contribution in [0, 0.1) is 0 Å². The van der Waals surface area contributed by atoms with Crippen molar-refractivity contribution in [1.29, 1.82) is 0 Å². The van der Waals surface area contributed by atoms with E-state index in [4.69, 9.17) is 18.0 Å². The minimum absolute atomic E-state index is 0.178. The van der Waals surface area contributed by atoms with Crippen molar-refractivity contribution < 1.29 is 23.1 Å². The van der Waals surface area contributed by atoms with Crippen molar-refractivity contribution in [3.8, 4) is 0 Å². The lowest BCUT2D eigenvalue weighted by Gasteiger charge is -2.46. The van der Waals surface area contributed by atoms with Gasteiger partial charge in [-0.05, 0) is 58.9 Å². The third-order valence-corrected chi connectivity index (χ3v) is 5.86. The summed E-state index contributed by atoms with van der Waals surface area (Å²) in [6.45, 7) is 19.6. The van der Waals surface area contributed by atoms with Gasteiger partial charge in [0.05, 0.1) is 12.7 Å². The van der Waals surface area contributed by atoms with Crippen molar-refractivity contribution in [2.45, 2.75) is 83.5 Å². The Hall–Kier alpha value is 0.451. The van der Waals surface area contributed by atoms with Gasteiger partial charge in [-0.3, -0.25) is 0 Å². The van der Waals surface area contributed by atoms with Crippen molar-refractivity contribution in [3.05, 3.63) is 0 Å². The Balaban J connectivity index is 3.01. The number of ether oxygens (including phenoxy) is 1. The molecule has 0 spiro atoms. The molecule has 1 fully saturated rings. The fourth-order valence-electron chi connectivity index (χ4n) is 2.40. The molecule has 0 aromatic rings. The molecule has 8 heteroatoms. The largest absolute Gasteiger partial charge is 0.410 e. The third-order valence-electron chi connectivity index (χ3n) is 2.89. The first-order chi connectivity index (χ1) is 9.68. The predicted molar refractivity (Wildman–Crippen MR) is 96.6 cm³/mol. The Bertz CT molecular complexity index is 359. The van der Waals surface area contributed by atoms with Crippen LogP contribution in [0.3, 0.4) is 0 Å². The number of hydrogen-bond acceptors (Lipinski definition) is 5. The highest BCUT2D eigenvalue weighted by molar-refractivity contribution is 6.70. The highest BCUT2D eigenvalue weighted by Crippen LogP contribution is 2.29. The van der Waals surface area contributed by atoms with E-state index in [1.807, 2.05) is 0 Å². The van der Waals surface area contributed by atoms with E-state index < -0.39 is 37.3 Å². The summed E-state index contributed by atoms with van der Waals surface area (Å²) >= 11 is 0. The maximum absolute atomic E-state index is 10.3. The molecule has 22 heavy (non-hydrogen) atoms. The van der Waals surface area contributed by atoms with Gasteiger partial charge in [0.1, 0.15) is 12.2 Å². The van der Waals surface area contributed by atoms with Gasteiger partial charge in [0.15, 0.2) is 31.2 Å². The summed E-state index contributed by atoms with van der Waals surface area (Å²) in [6, 6.07) is 0. The molecule has 1 aliphatic heterocycles. The van der Waals surface area contributed by atoms with E-state index in [1.54, 1.807) is 0 Å². The average Bonchev–Trinajstić information content (AvgIpc) is 2.22. The van der Waals surface area contributed by atoms with Gasteiger partial charge >= 0.3 is 0 Å². The van der Waals surface area contributed by atoms with E-state index >= 15 is 0 Å². The van der Waals surface area contributed by atoms with Gasteiger partial charge in [-0.2, -0.15) is 0 Å². The maximum atomic E-state index is 10.3. The molecule has 132 valence electrons. The molecule has 1 rings (SSSR count). The van der Waals surface area contributed by atoms with Crippen LogP contribution < -0.4 is 0 Å². The van der Waals surface area contributed by atoms with E-state index in [-0.39, 0.29) is 12.2 Å². The molecule has 0 aliphatic carbocycles. The fraction of sp³-hybridized carbons (Fsp3) is 1.00. The van der Waals surface area contributed by atoms with Gasteiger partial charge in [-0.25, -0.2) is 0 Å². The summed E-state index contributed by atoms with van der Waals surface area (Å²) in [7, 11) is -5.39. The molecule has 0 aromatic heterocycles. The van der Waals surface area contributed by atoms with E-state index in [1.165, 1.54) is 0 Å². The Morgan fingerprint density at radius 1 is 0.727 bits per heavy atom. The van der Waals surface area contributed by atoms with E-state index in [9.17, 15) is 5.11 Å². The molecular formula is C14H34O5Si3. The van der Waals surface area contributed by atoms with Gasteiger partial charge in [0, 0.05) is 0 Å². The second kappa shape index (κ2) is 7.14. The van der Waals surface area contributed by atoms with Gasteiger partial charge in [-0.1, -0.05) is 0 Å². The van der Waals surface area contributed by atoms with E-state index in [2.05, 4.69) is 58.9 Å². The number of aliphatic hydroxyl groups excluding tert-OH is 1. The number of hydrogen-bond donors (Lipinski definition) is 1. The van der Waals surface area contributed by atoms with Crippen molar-refractivity contribution in [2.75, 3.05) is 6.61 Å². The van der Waals surface area contributed by atoms with Crippen LogP contribution in [0.4, 0.5) is 0 Å². The first-order valence-corrected chi connectivity index (χ1v) is 18.2. The zero-order chi connectivity index (χ0) is 17.3. The smallest absolute Gasteiger partial charge is 0.184 e. The first-order valence-electron chi connectivity index (χ1n) is 8.01. The molecule has 1 saturated heterocycles. The molecule has 4 atom stereocenters. The van der Waals surface area contributed by atoms with Crippen molar-refractivity contribution in [3.63, 3.8) is 0 Å². The molecule has 1 heterocycles. The highest BCUT2D eigenvalue weighted by Gasteiger charge is 2.46. The lowest BCUT2D eigenvalue weighted by Crippen LogP contribution is -2.61. The zero-order valence-electron chi connectivity index (χ0n) is 15.6. The van der Waals surface area contributed by atoms with Crippen LogP contribution in [-0.2, 0) is 18.0 Å². The number of aliphatic hydroxyl groups is 1. The topological polar surface area (TPSA) is 57.2 Å². The van der Waals surface area contributed by atoms with Gasteiger partial charge < -0.3 is 23.1 Å². The average molecular weight is 367 g/mol. The summed E-state index contributed by atoms with van der Waals surface area (Å²) < 4.78 is 24.3. The van der Waals surface area contributed by atoms with Gasteiger partial charge in [-0.15, -0.1) is 0 Å². The third kappa shape index (κ3) is 7.35. The minimum atomic E-state index is -1.84. The Morgan fingerprint density at radius 2 is 1.14 bits per heavy atom. The standard InChI is InChI=1S/C14H34O5Si3/c1-20(2,3)17-11-10-16-14(15)13(19-22(7,8)9)12(11)18-21(4,5)6/h11-15H,10H2,1-9H3/t11-,12+,13+,14?/m1/s1. The highest BCUT2D eigenvalue weighted by atomic mass is 28.4. The summed E-state index contributed by atoms with van der Waals surface area (Å²) in [6.07, 6.45) is -1.87. The molecule has 1 unspecified atom stereocenters. The molecule has 0 radical (unpaired) electrons. The Labute approximate surface area is 138 Å². The van der Waals surface area contributed by atoms with Crippen molar-refractivity contribution >= 4 is 25.0 Å². The van der Waals surface area contributed by atoms with E-state index in [0.717, 1.165) is 0 Å². The molecule has 1 N–H and O–H groups in total. The molecule has 0 amide bonds. The molecular weight excluding hydrogens is 332 g/mol. The SMILES string of the molecule is C[Si](C)(C)O[C@@H]1[C@H](O[Si](C)(C)C)C(O)OC[C@H]1O[Si](C)(C)C. The quantitative estimate of drug-likeness (QED) is 0.732. The minimum Gasteiger partial charge on any atom is -0.410 e. The van der Waals surface area contributed by atoms with E-state index in [0.29, 0.717) is 6.61 Å². The van der Waals surface area contributed by atoms with Crippen molar-refractivity contribution in [1.82, 2.24) is 0 Å². The normalized spacial score (nSPS) is 31.4. The summed E-state index contributed by atoms with van der Waals surface area (Å²) in [5.41, 5.74) is 0.